The van der Waals surface area contributed by atoms with Gasteiger partial charge < -0.3 is 9.64 Å². The van der Waals surface area contributed by atoms with Crippen LogP contribution >= 0.6 is 0 Å². The first-order valence-corrected chi connectivity index (χ1v) is 12.8. The monoisotopic (exact) mass is 452 g/mol. The molecule has 0 spiro atoms. The van der Waals surface area contributed by atoms with Gasteiger partial charge in [-0.05, 0) is 56.9 Å². The molecule has 1 aliphatic heterocycles. The van der Waals surface area contributed by atoms with Crippen molar-refractivity contribution in [2.75, 3.05) is 32.8 Å². The lowest BCUT2D eigenvalue weighted by Gasteiger charge is -2.33. The second-order valence-electron chi connectivity index (χ2n) is 7.96. The number of hydrogen-bond acceptors (Lipinski definition) is 5. The molecule has 8 heteroatoms. The normalized spacial score (nSPS) is 15.6. The largest absolute Gasteiger partial charge is 0.462 e. The Hall–Kier alpha value is -1.93. The van der Waals surface area contributed by atoms with Gasteiger partial charge >= 0.3 is 5.97 Å². The fourth-order valence-electron chi connectivity index (χ4n) is 3.76. The lowest BCUT2D eigenvalue weighted by atomic mass is 9.96. The third kappa shape index (κ3) is 6.77. The molecule has 7 nitrogen and oxygen atoms in total. The number of nitrogens with zero attached hydrogens (tertiary/aromatic N) is 2. The fraction of sp³-hybridized carbons (Fsp3) is 0.652. The molecular weight excluding hydrogens is 416 g/mol. The molecule has 0 radical (unpaired) electrons. The standard InChI is InChI=1S/C23H36N2O5S/c1-4-7-15-24(16-8-5-2)22(26)19-13-17-25(18-14-19)31(28,29)21-11-9-20(10-12-21)23(27)30-6-3/h9-12,19H,4-8,13-18H2,1-3H3. The van der Waals surface area contributed by atoms with Crippen LogP contribution in [-0.4, -0.2) is 62.3 Å². The number of hydrogen-bond donors (Lipinski definition) is 0. The second-order valence-corrected chi connectivity index (χ2v) is 9.89. The summed E-state index contributed by atoms with van der Waals surface area (Å²) in [6.07, 6.45) is 5.14. The van der Waals surface area contributed by atoms with Gasteiger partial charge in [-0.3, -0.25) is 4.79 Å². The maximum Gasteiger partial charge on any atom is 0.338 e. The van der Waals surface area contributed by atoms with Crippen LogP contribution in [0, 0.1) is 5.92 Å². The summed E-state index contributed by atoms with van der Waals surface area (Å²) >= 11 is 0. The lowest BCUT2D eigenvalue weighted by molar-refractivity contribution is -0.136. The van der Waals surface area contributed by atoms with E-state index in [2.05, 4.69) is 13.8 Å². The summed E-state index contributed by atoms with van der Waals surface area (Å²) in [5.74, 6) is -0.425. The molecule has 1 aromatic carbocycles. The van der Waals surface area contributed by atoms with E-state index in [1.54, 1.807) is 6.92 Å². The van der Waals surface area contributed by atoms with E-state index < -0.39 is 16.0 Å². The molecule has 174 valence electrons. The summed E-state index contributed by atoms with van der Waals surface area (Å²) in [5.41, 5.74) is 0.323. The quantitative estimate of drug-likeness (QED) is 0.478. The third-order valence-electron chi connectivity index (χ3n) is 5.68. The number of carbonyl (C=O) groups is 2. The van der Waals surface area contributed by atoms with E-state index in [-0.39, 0.29) is 23.3 Å². The van der Waals surface area contributed by atoms with Gasteiger partial charge in [0.25, 0.3) is 0 Å². The van der Waals surface area contributed by atoms with Crippen molar-refractivity contribution in [3.8, 4) is 0 Å². The van der Waals surface area contributed by atoms with Gasteiger partial charge in [-0.15, -0.1) is 0 Å². The van der Waals surface area contributed by atoms with Crippen LogP contribution in [0.25, 0.3) is 0 Å². The third-order valence-corrected chi connectivity index (χ3v) is 7.59. The number of esters is 1. The first kappa shape index (κ1) is 25.3. The summed E-state index contributed by atoms with van der Waals surface area (Å²) in [4.78, 5) is 26.9. The molecular formula is C23H36N2O5S. The van der Waals surface area contributed by atoms with Crippen molar-refractivity contribution >= 4 is 21.9 Å². The van der Waals surface area contributed by atoms with Crippen LogP contribution < -0.4 is 0 Å². The molecule has 1 fully saturated rings. The van der Waals surface area contributed by atoms with Crippen LogP contribution in [0.15, 0.2) is 29.2 Å². The Morgan fingerprint density at radius 1 is 1.00 bits per heavy atom. The molecule has 1 aliphatic rings. The van der Waals surface area contributed by atoms with E-state index in [1.807, 2.05) is 4.90 Å². The maximum atomic E-state index is 13.0. The molecule has 1 amide bonds. The molecule has 31 heavy (non-hydrogen) atoms. The van der Waals surface area contributed by atoms with E-state index in [1.165, 1.54) is 28.6 Å². The van der Waals surface area contributed by atoms with E-state index in [4.69, 9.17) is 4.74 Å². The van der Waals surface area contributed by atoms with E-state index >= 15 is 0 Å². The zero-order chi connectivity index (χ0) is 22.9. The predicted molar refractivity (Wildman–Crippen MR) is 120 cm³/mol. The summed E-state index contributed by atoms with van der Waals surface area (Å²) in [6.45, 7) is 8.43. The molecule has 0 aliphatic carbocycles. The van der Waals surface area contributed by atoms with Crippen LogP contribution in [0.4, 0.5) is 0 Å². The zero-order valence-electron chi connectivity index (χ0n) is 19.0. The Kier molecular flexibility index (Phi) is 9.96. The van der Waals surface area contributed by atoms with Gasteiger partial charge in [0.15, 0.2) is 0 Å². The maximum absolute atomic E-state index is 13.0. The van der Waals surface area contributed by atoms with Gasteiger partial charge in [-0.25, -0.2) is 13.2 Å². The molecule has 0 unspecified atom stereocenters. The predicted octanol–water partition coefficient (Wildman–Crippen LogP) is 3.69. The Bertz CT molecular complexity index is 807. The van der Waals surface area contributed by atoms with Crippen molar-refractivity contribution in [1.29, 1.82) is 0 Å². The first-order valence-electron chi connectivity index (χ1n) is 11.4. The van der Waals surface area contributed by atoms with Crippen LogP contribution in [0.3, 0.4) is 0 Å². The summed E-state index contributed by atoms with van der Waals surface area (Å²) in [5, 5.41) is 0. The minimum atomic E-state index is -3.66. The number of unbranched alkanes of at least 4 members (excludes halogenated alkanes) is 2. The number of rotatable bonds is 11. The number of carbonyl (C=O) groups excluding carboxylic acids is 2. The second kappa shape index (κ2) is 12.2. The molecule has 0 bridgehead atoms. The van der Waals surface area contributed by atoms with Crippen molar-refractivity contribution in [3.63, 3.8) is 0 Å². The fourth-order valence-corrected chi connectivity index (χ4v) is 5.23. The Balaban J connectivity index is 2.00. The van der Waals surface area contributed by atoms with Crippen molar-refractivity contribution in [3.05, 3.63) is 29.8 Å². The highest BCUT2D eigenvalue weighted by Gasteiger charge is 2.33. The number of ether oxygens (including phenoxy) is 1. The molecule has 0 N–H and O–H groups in total. The van der Waals surface area contributed by atoms with E-state index in [0.29, 0.717) is 31.5 Å². The molecule has 2 rings (SSSR count). The first-order chi connectivity index (χ1) is 14.8. The van der Waals surface area contributed by atoms with Gasteiger partial charge in [-0.2, -0.15) is 4.31 Å². The zero-order valence-corrected chi connectivity index (χ0v) is 19.8. The minimum Gasteiger partial charge on any atom is -0.462 e. The minimum absolute atomic E-state index is 0.119. The van der Waals surface area contributed by atoms with Crippen molar-refractivity contribution in [2.45, 2.75) is 64.2 Å². The SMILES string of the molecule is CCCCN(CCCC)C(=O)C1CCN(S(=O)(=O)c2ccc(C(=O)OCC)cc2)CC1. The molecule has 0 atom stereocenters. The Morgan fingerprint density at radius 3 is 2.03 bits per heavy atom. The topological polar surface area (TPSA) is 84.0 Å². The van der Waals surface area contributed by atoms with Gasteiger partial charge in [0, 0.05) is 32.1 Å². The lowest BCUT2D eigenvalue weighted by Crippen LogP contribution is -2.44. The van der Waals surface area contributed by atoms with Crippen molar-refractivity contribution in [1.82, 2.24) is 9.21 Å². The smallest absolute Gasteiger partial charge is 0.338 e. The molecule has 0 saturated carbocycles. The molecule has 1 aromatic rings. The highest BCUT2D eigenvalue weighted by Crippen LogP contribution is 2.26. The van der Waals surface area contributed by atoms with Crippen molar-refractivity contribution in [2.24, 2.45) is 5.92 Å². The van der Waals surface area contributed by atoms with Crippen LogP contribution in [0.2, 0.25) is 0 Å². The number of piperidine rings is 1. The average Bonchev–Trinajstić information content (AvgIpc) is 2.79. The number of benzene rings is 1. The van der Waals surface area contributed by atoms with E-state index in [9.17, 15) is 18.0 Å². The summed E-state index contributed by atoms with van der Waals surface area (Å²) in [7, 11) is -3.66. The van der Waals surface area contributed by atoms with Crippen LogP contribution in [0.1, 0.15) is 69.7 Å². The summed E-state index contributed by atoms with van der Waals surface area (Å²) in [6, 6.07) is 5.83. The Morgan fingerprint density at radius 2 is 1.55 bits per heavy atom. The molecule has 0 aromatic heterocycles. The molecule has 1 saturated heterocycles. The van der Waals surface area contributed by atoms with Crippen LogP contribution in [0.5, 0.6) is 0 Å². The van der Waals surface area contributed by atoms with Gasteiger partial charge in [0.1, 0.15) is 0 Å². The average molecular weight is 453 g/mol. The van der Waals surface area contributed by atoms with E-state index in [0.717, 1.165) is 38.8 Å². The highest BCUT2D eigenvalue weighted by molar-refractivity contribution is 7.89. The Labute approximate surface area is 186 Å². The number of amides is 1. The van der Waals surface area contributed by atoms with Crippen LogP contribution in [-0.2, 0) is 19.6 Å². The van der Waals surface area contributed by atoms with Gasteiger partial charge in [0.2, 0.25) is 15.9 Å². The molecule has 1 heterocycles. The highest BCUT2D eigenvalue weighted by atomic mass is 32.2. The van der Waals surface area contributed by atoms with Gasteiger partial charge in [-0.1, -0.05) is 26.7 Å². The summed E-state index contributed by atoms with van der Waals surface area (Å²) < 4.78 is 32.4. The van der Waals surface area contributed by atoms with Gasteiger partial charge in [0.05, 0.1) is 17.1 Å². The number of sulfonamides is 1. The van der Waals surface area contributed by atoms with Crippen molar-refractivity contribution < 1.29 is 22.7 Å².